The van der Waals surface area contributed by atoms with Crippen LogP contribution in [0.15, 0.2) is 0 Å². The van der Waals surface area contributed by atoms with Crippen molar-refractivity contribution in [1.82, 2.24) is 15.5 Å². The molecule has 4 amide bonds. The Labute approximate surface area is 105 Å². The van der Waals surface area contributed by atoms with E-state index in [1.165, 1.54) is 0 Å². The molecule has 2 rings (SSSR count). The van der Waals surface area contributed by atoms with E-state index in [0.717, 1.165) is 0 Å². The van der Waals surface area contributed by atoms with E-state index < -0.39 is 11.6 Å². The maximum Gasteiger partial charge on any atom is 0.322 e. The Morgan fingerprint density at radius 2 is 2.28 bits per heavy atom. The lowest BCUT2D eigenvalue weighted by Gasteiger charge is -2.37. The van der Waals surface area contributed by atoms with E-state index in [2.05, 4.69) is 10.6 Å². The minimum absolute atomic E-state index is 0.0160. The van der Waals surface area contributed by atoms with Gasteiger partial charge in [0.1, 0.15) is 12.1 Å². The number of urea groups is 1. The molecule has 1 spiro atoms. The molecule has 0 saturated carbocycles. The number of ether oxygens (including phenoxy) is 1. The normalized spacial score (nSPS) is 27.3. The van der Waals surface area contributed by atoms with E-state index in [9.17, 15) is 14.4 Å². The average molecular weight is 255 g/mol. The van der Waals surface area contributed by atoms with Gasteiger partial charge in [0.25, 0.3) is 5.91 Å². The van der Waals surface area contributed by atoms with Crippen molar-refractivity contribution in [2.75, 3.05) is 26.3 Å². The van der Waals surface area contributed by atoms with Gasteiger partial charge in [0.15, 0.2) is 0 Å². The largest absolute Gasteiger partial charge is 0.372 e. The van der Waals surface area contributed by atoms with Crippen LogP contribution >= 0.6 is 0 Å². The SMILES string of the molecule is CCOCC(=O)N1CCCC2(C1)NC(=O)NC2=O. The number of nitrogens with one attached hydrogen (secondary N) is 2. The second-order valence-electron chi connectivity index (χ2n) is 4.55. The van der Waals surface area contributed by atoms with Crippen LogP contribution in [0.3, 0.4) is 0 Å². The summed E-state index contributed by atoms with van der Waals surface area (Å²) in [4.78, 5) is 36.4. The summed E-state index contributed by atoms with van der Waals surface area (Å²) in [5, 5.41) is 4.85. The first kappa shape index (κ1) is 12.8. The summed E-state index contributed by atoms with van der Waals surface area (Å²) in [6, 6.07) is -0.487. The molecule has 7 nitrogen and oxygen atoms in total. The fourth-order valence-electron chi connectivity index (χ4n) is 2.36. The van der Waals surface area contributed by atoms with E-state index in [0.29, 0.717) is 26.0 Å². The maximum atomic E-state index is 11.8. The van der Waals surface area contributed by atoms with Crippen molar-refractivity contribution in [3.05, 3.63) is 0 Å². The number of nitrogens with zero attached hydrogens (tertiary/aromatic N) is 1. The molecule has 2 fully saturated rings. The lowest BCUT2D eigenvalue weighted by molar-refractivity contribution is -0.140. The Morgan fingerprint density at radius 1 is 1.50 bits per heavy atom. The number of hydrogen-bond donors (Lipinski definition) is 2. The first-order valence-electron chi connectivity index (χ1n) is 6.06. The monoisotopic (exact) mass is 255 g/mol. The number of carbonyl (C=O) groups excluding carboxylic acids is 3. The summed E-state index contributed by atoms with van der Waals surface area (Å²) in [7, 11) is 0. The van der Waals surface area contributed by atoms with Crippen LogP contribution < -0.4 is 10.6 Å². The third-order valence-electron chi connectivity index (χ3n) is 3.29. The number of hydrogen-bond acceptors (Lipinski definition) is 4. The first-order chi connectivity index (χ1) is 8.57. The van der Waals surface area contributed by atoms with Crippen LogP contribution in [0.25, 0.3) is 0 Å². The van der Waals surface area contributed by atoms with Gasteiger partial charge in [-0.15, -0.1) is 0 Å². The molecule has 2 saturated heterocycles. The highest BCUT2D eigenvalue weighted by Crippen LogP contribution is 2.24. The summed E-state index contributed by atoms with van der Waals surface area (Å²) in [6.45, 7) is 3.12. The van der Waals surface area contributed by atoms with Crippen LogP contribution in [0, 0.1) is 0 Å². The van der Waals surface area contributed by atoms with Crippen LogP contribution in [-0.4, -0.2) is 54.6 Å². The molecule has 0 aromatic rings. The Bertz CT molecular complexity index is 384. The molecule has 18 heavy (non-hydrogen) atoms. The van der Waals surface area contributed by atoms with Gasteiger partial charge in [-0.3, -0.25) is 14.9 Å². The average Bonchev–Trinajstić information content (AvgIpc) is 2.61. The smallest absolute Gasteiger partial charge is 0.322 e. The Morgan fingerprint density at radius 3 is 2.89 bits per heavy atom. The highest BCUT2D eigenvalue weighted by Gasteiger charge is 2.49. The molecule has 0 aromatic heterocycles. The van der Waals surface area contributed by atoms with Crippen LogP contribution in [-0.2, 0) is 14.3 Å². The van der Waals surface area contributed by atoms with Crippen molar-refractivity contribution in [3.63, 3.8) is 0 Å². The lowest BCUT2D eigenvalue weighted by atomic mass is 9.89. The number of likely N-dealkylation sites (tertiary alicyclic amines) is 1. The van der Waals surface area contributed by atoms with E-state index in [1.54, 1.807) is 4.90 Å². The Hall–Kier alpha value is -1.63. The summed E-state index contributed by atoms with van der Waals surface area (Å²) < 4.78 is 5.07. The Balaban J connectivity index is 2.02. The summed E-state index contributed by atoms with van der Waals surface area (Å²) in [5.74, 6) is -0.494. The molecule has 1 atom stereocenters. The fraction of sp³-hybridized carbons (Fsp3) is 0.727. The van der Waals surface area contributed by atoms with Gasteiger partial charge in [0, 0.05) is 13.2 Å². The number of imide groups is 1. The topological polar surface area (TPSA) is 87.7 Å². The highest BCUT2D eigenvalue weighted by molar-refractivity contribution is 6.07. The molecule has 2 aliphatic rings. The minimum atomic E-state index is -0.947. The quantitative estimate of drug-likeness (QED) is 0.648. The van der Waals surface area contributed by atoms with Crippen molar-refractivity contribution in [3.8, 4) is 0 Å². The van der Waals surface area contributed by atoms with Gasteiger partial charge in [0.05, 0.1) is 6.54 Å². The van der Waals surface area contributed by atoms with Crippen molar-refractivity contribution >= 4 is 17.8 Å². The van der Waals surface area contributed by atoms with Crippen molar-refractivity contribution in [2.24, 2.45) is 0 Å². The number of piperidine rings is 1. The van der Waals surface area contributed by atoms with Crippen LogP contribution in [0.2, 0.25) is 0 Å². The van der Waals surface area contributed by atoms with E-state index in [1.807, 2.05) is 6.92 Å². The molecule has 0 bridgehead atoms. The molecule has 2 heterocycles. The molecule has 0 radical (unpaired) electrons. The Kier molecular flexibility index (Phi) is 3.51. The molecular weight excluding hydrogens is 238 g/mol. The third-order valence-corrected chi connectivity index (χ3v) is 3.29. The molecule has 1 unspecified atom stereocenters. The second-order valence-corrected chi connectivity index (χ2v) is 4.55. The number of amides is 4. The molecule has 7 heteroatoms. The summed E-state index contributed by atoms with van der Waals surface area (Å²) in [6.07, 6.45) is 1.24. The molecule has 0 aliphatic carbocycles. The standard InChI is InChI=1S/C11H17N3O4/c1-2-18-6-8(15)14-5-3-4-11(7-14)9(16)12-10(17)13-11/h2-7H2,1H3,(H2,12,13,16,17). The van der Waals surface area contributed by atoms with E-state index in [4.69, 9.17) is 4.74 Å². The van der Waals surface area contributed by atoms with E-state index in [-0.39, 0.29) is 25.0 Å². The zero-order valence-electron chi connectivity index (χ0n) is 10.3. The summed E-state index contributed by atoms with van der Waals surface area (Å²) in [5.41, 5.74) is -0.947. The zero-order chi connectivity index (χ0) is 13.2. The van der Waals surface area contributed by atoms with Gasteiger partial charge in [-0.25, -0.2) is 4.79 Å². The number of rotatable bonds is 3. The van der Waals surface area contributed by atoms with E-state index >= 15 is 0 Å². The highest BCUT2D eigenvalue weighted by atomic mass is 16.5. The predicted molar refractivity (Wildman–Crippen MR) is 61.7 cm³/mol. The van der Waals surface area contributed by atoms with Gasteiger partial charge in [-0.1, -0.05) is 0 Å². The van der Waals surface area contributed by atoms with Gasteiger partial charge in [-0.05, 0) is 19.8 Å². The third kappa shape index (κ3) is 2.31. The number of carbonyl (C=O) groups is 3. The van der Waals surface area contributed by atoms with Crippen molar-refractivity contribution in [1.29, 1.82) is 0 Å². The van der Waals surface area contributed by atoms with Gasteiger partial charge in [0.2, 0.25) is 5.91 Å². The van der Waals surface area contributed by atoms with Crippen molar-refractivity contribution in [2.45, 2.75) is 25.3 Å². The van der Waals surface area contributed by atoms with Gasteiger partial charge in [-0.2, -0.15) is 0 Å². The van der Waals surface area contributed by atoms with Crippen LogP contribution in [0.5, 0.6) is 0 Å². The molecule has 2 N–H and O–H groups in total. The molecule has 0 aromatic carbocycles. The van der Waals surface area contributed by atoms with Gasteiger partial charge >= 0.3 is 6.03 Å². The maximum absolute atomic E-state index is 11.8. The van der Waals surface area contributed by atoms with Gasteiger partial charge < -0.3 is 15.0 Å². The van der Waals surface area contributed by atoms with Crippen LogP contribution in [0.4, 0.5) is 4.79 Å². The fourth-order valence-corrected chi connectivity index (χ4v) is 2.36. The predicted octanol–water partition coefficient (Wildman–Crippen LogP) is -0.776. The van der Waals surface area contributed by atoms with Crippen LogP contribution in [0.1, 0.15) is 19.8 Å². The first-order valence-corrected chi connectivity index (χ1v) is 6.06. The zero-order valence-corrected chi connectivity index (χ0v) is 10.3. The molecule has 2 aliphatic heterocycles. The van der Waals surface area contributed by atoms with Crippen molar-refractivity contribution < 1.29 is 19.1 Å². The second kappa shape index (κ2) is 4.93. The molecule has 100 valence electrons. The molecular formula is C11H17N3O4. The summed E-state index contributed by atoms with van der Waals surface area (Å²) >= 11 is 0. The lowest BCUT2D eigenvalue weighted by Crippen LogP contribution is -2.60. The minimum Gasteiger partial charge on any atom is -0.372 e.